The molecule has 1 unspecified atom stereocenters. The summed E-state index contributed by atoms with van der Waals surface area (Å²) in [6.07, 6.45) is 0.809. The molecule has 0 saturated heterocycles. The number of hydrogen-bond acceptors (Lipinski definition) is 4. The van der Waals surface area contributed by atoms with Crippen LogP contribution in [0.15, 0.2) is 41.3 Å². The first-order valence-electron chi connectivity index (χ1n) is 6.62. The summed E-state index contributed by atoms with van der Waals surface area (Å²) in [4.78, 5) is 11.9. The first-order valence-corrected chi connectivity index (χ1v) is 6.62. The van der Waals surface area contributed by atoms with E-state index in [0.29, 0.717) is 17.1 Å². The highest BCUT2D eigenvalue weighted by atomic mass is 16.5. The number of aryl methyl sites for hydroxylation is 1. The maximum atomic E-state index is 11.9. The minimum absolute atomic E-state index is 0.143. The van der Waals surface area contributed by atoms with Crippen molar-refractivity contribution in [2.75, 3.05) is 14.2 Å². The molecule has 5 heteroatoms. The number of benzene rings is 1. The van der Waals surface area contributed by atoms with Gasteiger partial charge in [-0.1, -0.05) is 0 Å². The molecular weight excluding hydrogens is 270 g/mol. The third kappa shape index (κ3) is 3.44. The predicted octanol–water partition coefficient (Wildman–Crippen LogP) is 1.91. The molecule has 0 aliphatic carbocycles. The van der Waals surface area contributed by atoms with Crippen LogP contribution in [0.2, 0.25) is 0 Å². The number of methoxy groups -OCH3 is 2. The molecule has 0 saturated carbocycles. The molecule has 2 aromatic rings. The van der Waals surface area contributed by atoms with E-state index in [9.17, 15) is 9.90 Å². The minimum Gasteiger partial charge on any atom is -0.497 e. The van der Waals surface area contributed by atoms with Gasteiger partial charge in [-0.15, -0.1) is 0 Å². The largest absolute Gasteiger partial charge is 0.497 e. The Hall–Kier alpha value is -2.27. The molecule has 1 N–H and O–H groups in total. The van der Waals surface area contributed by atoms with Gasteiger partial charge in [0.2, 0.25) is 0 Å². The number of ether oxygens (including phenoxy) is 2. The van der Waals surface area contributed by atoms with Crippen LogP contribution in [0.5, 0.6) is 11.5 Å². The van der Waals surface area contributed by atoms with E-state index in [0.717, 1.165) is 5.56 Å². The van der Waals surface area contributed by atoms with Gasteiger partial charge < -0.3 is 19.1 Å². The van der Waals surface area contributed by atoms with Crippen LogP contribution in [0.25, 0.3) is 0 Å². The first-order chi connectivity index (χ1) is 10.0. The zero-order valence-electron chi connectivity index (χ0n) is 12.4. The van der Waals surface area contributed by atoms with Crippen molar-refractivity contribution in [3.63, 3.8) is 0 Å². The quantitative estimate of drug-likeness (QED) is 0.913. The predicted molar refractivity (Wildman–Crippen MR) is 79.9 cm³/mol. The molecule has 0 aliphatic heterocycles. The number of nitrogens with zero attached hydrogens (tertiary/aromatic N) is 1. The van der Waals surface area contributed by atoms with E-state index in [-0.39, 0.29) is 12.1 Å². The zero-order valence-corrected chi connectivity index (χ0v) is 12.4. The summed E-state index contributed by atoms with van der Waals surface area (Å²) in [5, 5.41) is 10.4. The zero-order chi connectivity index (χ0) is 15.4. The third-order valence-corrected chi connectivity index (χ3v) is 3.32. The normalized spacial score (nSPS) is 12.0. The van der Waals surface area contributed by atoms with Crippen molar-refractivity contribution < 1.29 is 14.6 Å². The summed E-state index contributed by atoms with van der Waals surface area (Å²) >= 11 is 0. The second-order valence-electron chi connectivity index (χ2n) is 4.82. The smallest absolute Gasteiger partial charge is 0.250 e. The van der Waals surface area contributed by atoms with Gasteiger partial charge in [-0.25, -0.2) is 0 Å². The average molecular weight is 289 g/mol. The minimum atomic E-state index is -0.865. The first kappa shape index (κ1) is 15.1. The fourth-order valence-corrected chi connectivity index (χ4v) is 2.14. The lowest BCUT2D eigenvalue weighted by molar-refractivity contribution is 0.151. The van der Waals surface area contributed by atoms with Gasteiger partial charge in [0, 0.05) is 17.8 Å². The van der Waals surface area contributed by atoms with Crippen molar-refractivity contribution in [2.24, 2.45) is 0 Å². The van der Waals surface area contributed by atoms with E-state index in [4.69, 9.17) is 9.47 Å². The van der Waals surface area contributed by atoms with Gasteiger partial charge in [-0.2, -0.15) is 0 Å². The molecule has 21 heavy (non-hydrogen) atoms. The highest BCUT2D eigenvalue weighted by Gasteiger charge is 2.15. The number of rotatable bonds is 5. The van der Waals surface area contributed by atoms with Gasteiger partial charge in [-0.3, -0.25) is 4.79 Å². The van der Waals surface area contributed by atoms with Crippen LogP contribution in [0, 0.1) is 6.92 Å². The summed E-state index contributed by atoms with van der Waals surface area (Å²) in [6.45, 7) is 2.01. The molecular formula is C16H19NO4. The molecule has 0 bridgehead atoms. The van der Waals surface area contributed by atoms with Crippen LogP contribution in [0.3, 0.4) is 0 Å². The van der Waals surface area contributed by atoms with E-state index in [1.807, 2.05) is 13.0 Å². The van der Waals surface area contributed by atoms with Gasteiger partial charge >= 0.3 is 0 Å². The molecule has 1 aromatic heterocycles. The Morgan fingerprint density at radius 1 is 1.19 bits per heavy atom. The van der Waals surface area contributed by atoms with Gasteiger partial charge in [0.25, 0.3) is 5.56 Å². The lowest BCUT2D eigenvalue weighted by atomic mass is 10.1. The van der Waals surface area contributed by atoms with Crippen molar-refractivity contribution in [3.8, 4) is 11.5 Å². The lowest BCUT2D eigenvalue weighted by Crippen LogP contribution is -2.22. The monoisotopic (exact) mass is 289 g/mol. The van der Waals surface area contributed by atoms with E-state index in [1.54, 1.807) is 31.5 Å². The fourth-order valence-electron chi connectivity index (χ4n) is 2.14. The molecule has 1 heterocycles. The van der Waals surface area contributed by atoms with E-state index >= 15 is 0 Å². The molecule has 0 radical (unpaired) electrons. The number of pyridine rings is 1. The highest BCUT2D eigenvalue weighted by molar-refractivity contribution is 5.41. The Morgan fingerprint density at radius 3 is 2.57 bits per heavy atom. The Morgan fingerprint density at radius 2 is 1.95 bits per heavy atom. The van der Waals surface area contributed by atoms with Gasteiger partial charge in [0.15, 0.2) is 0 Å². The van der Waals surface area contributed by atoms with Gasteiger partial charge in [0.05, 0.1) is 20.8 Å². The van der Waals surface area contributed by atoms with E-state index < -0.39 is 6.10 Å². The Bertz CT molecular complexity index is 678. The van der Waals surface area contributed by atoms with Crippen LogP contribution in [0.4, 0.5) is 0 Å². The molecule has 0 aliphatic rings. The molecule has 0 amide bonds. The molecule has 112 valence electrons. The van der Waals surface area contributed by atoms with E-state index in [1.165, 1.54) is 17.7 Å². The number of aliphatic hydroxyl groups is 1. The van der Waals surface area contributed by atoms with Crippen LogP contribution >= 0.6 is 0 Å². The maximum Gasteiger partial charge on any atom is 0.250 e. The molecule has 1 aromatic carbocycles. The maximum absolute atomic E-state index is 11.9. The van der Waals surface area contributed by atoms with Crippen LogP contribution in [0.1, 0.15) is 17.2 Å². The Labute approximate surface area is 123 Å². The average Bonchev–Trinajstić information content (AvgIpc) is 2.49. The second kappa shape index (κ2) is 6.45. The number of aromatic nitrogens is 1. The van der Waals surface area contributed by atoms with Crippen molar-refractivity contribution in [3.05, 3.63) is 58.0 Å². The standard InChI is InChI=1S/C16H19NO4/c1-11-6-7-17(16(19)8-11)10-14(18)13-9-12(20-2)4-5-15(13)21-3/h4-9,14,18H,10H2,1-3H3. The summed E-state index contributed by atoms with van der Waals surface area (Å²) in [6, 6.07) is 8.57. The van der Waals surface area contributed by atoms with E-state index in [2.05, 4.69) is 0 Å². The Kier molecular flexibility index (Phi) is 4.65. The molecule has 2 rings (SSSR count). The lowest BCUT2D eigenvalue weighted by Gasteiger charge is -2.17. The van der Waals surface area contributed by atoms with Gasteiger partial charge in [-0.05, 0) is 36.8 Å². The molecule has 0 spiro atoms. The summed E-state index contributed by atoms with van der Waals surface area (Å²) in [5.41, 5.74) is 1.34. The molecule has 1 atom stereocenters. The van der Waals surface area contributed by atoms with Crippen molar-refractivity contribution in [1.29, 1.82) is 0 Å². The van der Waals surface area contributed by atoms with Crippen molar-refractivity contribution in [1.82, 2.24) is 4.57 Å². The van der Waals surface area contributed by atoms with Crippen LogP contribution < -0.4 is 15.0 Å². The van der Waals surface area contributed by atoms with Crippen molar-refractivity contribution in [2.45, 2.75) is 19.6 Å². The summed E-state index contributed by atoms with van der Waals surface area (Å²) < 4.78 is 11.9. The second-order valence-corrected chi connectivity index (χ2v) is 4.82. The highest BCUT2D eigenvalue weighted by Crippen LogP contribution is 2.29. The van der Waals surface area contributed by atoms with Crippen LogP contribution in [-0.4, -0.2) is 23.9 Å². The third-order valence-electron chi connectivity index (χ3n) is 3.32. The summed E-state index contributed by atoms with van der Waals surface area (Å²) in [7, 11) is 3.10. The van der Waals surface area contributed by atoms with Gasteiger partial charge in [0.1, 0.15) is 17.6 Å². The number of hydrogen-bond donors (Lipinski definition) is 1. The summed E-state index contributed by atoms with van der Waals surface area (Å²) in [5.74, 6) is 1.18. The molecule has 0 fully saturated rings. The SMILES string of the molecule is COc1ccc(OC)c(C(O)Cn2ccc(C)cc2=O)c1. The fraction of sp³-hybridized carbons (Fsp3) is 0.312. The molecule has 5 nitrogen and oxygen atoms in total. The topological polar surface area (TPSA) is 60.7 Å². The van der Waals surface area contributed by atoms with Crippen molar-refractivity contribution >= 4 is 0 Å². The number of aliphatic hydroxyl groups excluding tert-OH is 1. The Balaban J connectivity index is 2.31. The van der Waals surface area contributed by atoms with Crippen LogP contribution in [-0.2, 0) is 6.54 Å².